The van der Waals surface area contributed by atoms with E-state index in [4.69, 9.17) is 4.98 Å². The molecule has 2 rings (SSSR count). The van der Waals surface area contributed by atoms with Crippen LogP contribution < -0.4 is 10.2 Å². The van der Waals surface area contributed by atoms with Gasteiger partial charge in [0.1, 0.15) is 5.82 Å². The van der Waals surface area contributed by atoms with Gasteiger partial charge in [-0.05, 0) is 56.3 Å². The van der Waals surface area contributed by atoms with Crippen LogP contribution in [0.15, 0.2) is 12.1 Å². The standard InChI is InChI=1S/C17H29N3/c1-5-20(12-14-7-6-8-14)17-10-15(11-18-4)9-16(19-17)13(2)3/h9-10,13-14,18H,5-8,11-12H2,1-4H3. The molecular weight excluding hydrogens is 246 g/mol. The number of rotatable bonds is 7. The van der Waals surface area contributed by atoms with E-state index in [0.29, 0.717) is 5.92 Å². The average Bonchev–Trinajstić information content (AvgIpc) is 2.37. The highest BCUT2D eigenvalue weighted by Crippen LogP contribution is 2.29. The summed E-state index contributed by atoms with van der Waals surface area (Å²) in [5, 5.41) is 3.25. The molecule has 0 aromatic carbocycles. The van der Waals surface area contributed by atoms with Gasteiger partial charge in [0, 0.05) is 25.3 Å². The Morgan fingerprint density at radius 2 is 2.10 bits per heavy atom. The van der Waals surface area contributed by atoms with E-state index in [1.165, 1.54) is 37.1 Å². The average molecular weight is 275 g/mol. The van der Waals surface area contributed by atoms with Crippen LogP contribution in [0.2, 0.25) is 0 Å². The fourth-order valence-corrected chi connectivity index (χ4v) is 2.73. The van der Waals surface area contributed by atoms with Crippen molar-refractivity contribution in [1.29, 1.82) is 0 Å². The van der Waals surface area contributed by atoms with Crippen LogP contribution in [0.3, 0.4) is 0 Å². The van der Waals surface area contributed by atoms with Gasteiger partial charge >= 0.3 is 0 Å². The lowest BCUT2D eigenvalue weighted by atomic mass is 9.85. The minimum absolute atomic E-state index is 0.480. The van der Waals surface area contributed by atoms with E-state index in [9.17, 15) is 0 Å². The minimum Gasteiger partial charge on any atom is -0.357 e. The first-order valence-electron chi connectivity index (χ1n) is 8.04. The highest BCUT2D eigenvalue weighted by molar-refractivity contribution is 5.43. The molecule has 20 heavy (non-hydrogen) atoms. The van der Waals surface area contributed by atoms with Crippen molar-refractivity contribution in [3.05, 3.63) is 23.4 Å². The SMILES string of the molecule is CCN(CC1CCC1)c1cc(CNC)cc(C(C)C)n1. The summed E-state index contributed by atoms with van der Waals surface area (Å²) in [5.41, 5.74) is 2.55. The number of hydrogen-bond donors (Lipinski definition) is 1. The van der Waals surface area contributed by atoms with E-state index in [1.807, 2.05) is 7.05 Å². The van der Waals surface area contributed by atoms with Crippen molar-refractivity contribution in [2.75, 3.05) is 25.0 Å². The molecule has 0 atom stereocenters. The minimum atomic E-state index is 0.480. The molecule has 0 unspecified atom stereocenters. The van der Waals surface area contributed by atoms with Crippen LogP contribution in [-0.2, 0) is 6.54 Å². The Morgan fingerprint density at radius 3 is 2.60 bits per heavy atom. The molecule has 1 fully saturated rings. The molecule has 3 heteroatoms. The fraction of sp³-hybridized carbons (Fsp3) is 0.706. The van der Waals surface area contributed by atoms with Gasteiger partial charge < -0.3 is 10.2 Å². The maximum atomic E-state index is 4.90. The zero-order valence-corrected chi connectivity index (χ0v) is 13.4. The Morgan fingerprint density at radius 1 is 1.35 bits per heavy atom. The predicted octanol–water partition coefficient (Wildman–Crippen LogP) is 3.55. The quantitative estimate of drug-likeness (QED) is 0.825. The van der Waals surface area contributed by atoms with Crippen molar-refractivity contribution in [3.8, 4) is 0 Å². The third-order valence-corrected chi connectivity index (χ3v) is 4.27. The van der Waals surface area contributed by atoms with E-state index < -0.39 is 0 Å². The normalized spacial score (nSPS) is 15.4. The Hall–Kier alpha value is -1.09. The summed E-state index contributed by atoms with van der Waals surface area (Å²) in [6.45, 7) is 9.80. The first-order valence-corrected chi connectivity index (χ1v) is 8.04. The summed E-state index contributed by atoms with van der Waals surface area (Å²) in [5.74, 6) is 2.52. The first-order chi connectivity index (χ1) is 9.63. The summed E-state index contributed by atoms with van der Waals surface area (Å²) < 4.78 is 0. The molecule has 0 bridgehead atoms. The van der Waals surface area contributed by atoms with E-state index in [0.717, 1.165) is 24.8 Å². The van der Waals surface area contributed by atoms with Gasteiger partial charge in [-0.25, -0.2) is 4.98 Å². The molecule has 1 N–H and O–H groups in total. The zero-order valence-electron chi connectivity index (χ0n) is 13.4. The zero-order chi connectivity index (χ0) is 14.5. The van der Waals surface area contributed by atoms with Crippen LogP contribution in [0.5, 0.6) is 0 Å². The monoisotopic (exact) mass is 275 g/mol. The largest absolute Gasteiger partial charge is 0.357 e. The molecule has 0 radical (unpaired) electrons. The number of hydrogen-bond acceptors (Lipinski definition) is 3. The summed E-state index contributed by atoms with van der Waals surface area (Å²) in [4.78, 5) is 7.35. The molecule has 1 heterocycles. The van der Waals surface area contributed by atoms with Crippen LogP contribution in [0.4, 0.5) is 5.82 Å². The second-order valence-corrected chi connectivity index (χ2v) is 6.28. The van der Waals surface area contributed by atoms with Crippen molar-refractivity contribution in [2.45, 2.75) is 52.5 Å². The molecule has 1 aromatic heterocycles. The molecular formula is C17H29N3. The molecule has 0 spiro atoms. The van der Waals surface area contributed by atoms with E-state index >= 15 is 0 Å². The van der Waals surface area contributed by atoms with Crippen LogP contribution in [0, 0.1) is 5.92 Å². The molecule has 3 nitrogen and oxygen atoms in total. The fourth-order valence-electron chi connectivity index (χ4n) is 2.73. The Labute approximate surface area is 123 Å². The predicted molar refractivity (Wildman–Crippen MR) is 86.3 cm³/mol. The third-order valence-electron chi connectivity index (χ3n) is 4.27. The third kappa shape index (κ3) is 3.72. The molecule has 0 aliphatic heterocycles. The lowest BCUT2D eigenvalue weighted by Crippen LogP contribution is -2.33. The summed E-state index contributed by atoms with van der Waals surface area (Å²) in [7, 11) is 2.00. The van der Waals surface area contributed by atoms with Gasteiger partial charge in [0.15, 0.2) is 0 Å². The van der Waals surface area contributed by atoms with E-state index in [1.54, 1.807) is 0 Å². The number of aromatic nitrogens is 1. The summed E-state index contributed by atoms with van der Waals surface area (Å²) >= 11 is 0. The molecule has 1 aliphatic rings. The van der Waals surface area contributed by atoms with Crippen molar-refractivity contribution in [3.63, 3.8) is 0 Å². The summed E-state index contributed by atoms with van der Waals surface area (Å²) in [6, 6.07) is 4.49. The Balaban J connectivity index is 2.21. The second-order valence-electron chi connectivity index (χ2n) is 6.28. The molecule has 112 valence electrons. The van der Waals surface area contributed by atoms with E-state index in [-0.39, 0.29) is 0 Å². The maximum absolute atomic E-state index is 4.90. The van der Waals surface area contributed by atoms with Gasteiger partial charge in [0.2, 0.25) is 0 Å². The Bertz CT molecular complexity index is 424. The number of pyridine rings is 1. The molecule has 0 saturated heterocycles. The van der Waals surface area contributed by atoms with Crippen molar-refractivity contribution >= 4 is 5.82 Å². The van der Waals surface area contributed by atoms with Gasteiger partial charge in [-0.1, -0.05) is 20.3 Å². The van der Waals surface area contributed by atoms with Crippen molar-refractivity contribution in [2.24, 2.45) is 5.92 Å². The number of nitrogens with zero attached hydrogens (tertiary/aromatic N) is 2. The van der Waals surface area contributed by atoms with Gasteiger partial charge in [-0.15, -0.1) is 0 Å². The van der Waals surface area contributed by atoms with Gasteiger partial charge in [0.25, 0.3) is 0 Å². The van der Waals surface area contributed by atoms with Crippen molar-refractivity contribution < 1.29 is 0 Å². The lowest BCUT2D eigenvalue weighted by Gasteiger charge is -2.33. The van der Waals surface area contributed by atoms with Crippen LogP contribution >= 0.6 is 0 Å². The Kier molecular flexibility index (Phi) is 5.41. The van der Waals surface area contributed by atoms with Gasteiger partial charge in [-0.3, -0.25) is 0 Å². The van der Waals surface area contributed by atoms with Gasteiger partial charge in [-0.2, -0.15) is 0 Å². The van der Waals surface area contributed by atoms with Crippen LogP contribution in [0.25, 0.3) is 0 Å². The maximum Gasteiger partial charge on any atom is 0.129 e. The van der Waals surface area contributed by atoms with Crippen LogP contribution in [0.1, 0.15) is 57.2 Å². The summed E-state index contributed by atoms with van der Waals surface area (Å²) in [6.07, 6.45) is 4.19. The molecule has 1 aromatic rings. The lowest BCUT2D eigenvalue weighted by molar-refractivity contribution is 0.318. The highest BCUT2D eigenvalue weighted by Gasteiger charge is 2.21. The highest BCUT2D eigenvalue weighted by atomic mass is 15.2. The van der Waals surface area contributed by atoms with E-state index in [2.05, 4.69) is 43.1 Å². The molecule has 0 amide bonds. The molecule has 1 aliphatic carbocycles. The second kappa shape index (κ2) is 7.07. The molecule has 1 saturated carbocycles. The van der Waals surface area contributed by atoms with Crippen LogP contribution in [-0.4, -0.2) is 25.1 Å². The number of anilines is 1. The first kappa shape index (κ1) is 15.3. The van der Waals surface area contributed by atoms with Crippen molar-refractivity contribution in [1.82, 2.24) is 10.3 Å². The topological polar surface area (TPSA) is 28.2 Å². The van der Waals surface area contributed by atoms with Gasteiger partial charge in [0.05, 0.1) is 0 Å². The smallest absolute Gasteiger partial charge is 0.129 e. The number of nitrogens with one attached hydrogen (secondary N) is 1.